The number of carbonyl (C=O) groups excluding carboxylic acids is 1. The number of phosphoric ester groups is 1. The van der Waals surface area contributed by atoms with Gasteiger partial charge in [0.2, 0.25) is 5.91 Å². The van der Waals surface area contributed by atoms with Crippen LogP contribution >= 0.6 is 7.82 Å². The summed E-state index contributed by atoms with van der Waals surface area (Å²) in [6.45, 7) is 4.66. The lowest BCUT2D eigenvalue weighted by Gasteiger charge is -2.29. The van der Waals surface area contributed by atoms with E-state index >= 15 is 0 Å². The summed E-state index contributed by atoms with van der Waals surface area (Å²) < 4.78 is 23.4. The van der Waals surface area contributed by atoms with Crippen LogP contribution in [0.2, 0.25) is 0 Å². The molecule has 1 amide bonds. The van der Waals surface area contributed by atoms with Crippen LogP contribution in [0, 0.1) is 0 Å². The Labute approximate surface area is 467 Å². The molecule has 0 saturated carbocycles. The fraction of sp³-hybridized carbons (Fsp3) is 0.864. The summed E-state index contributed by atoms with van der Waals surface area (Å²) in [4.78, 5) is 25.6. The highest BCUT2D eigenvalue weighted by Gasteiger charge is 2.23. The number of likely N-dealkylation sites (N-methyl/N-ethyl adjacent to an activating group) is 1. The maximum absolute atomic E-state index is 13.0. The second-order valence-corrected chi connectivity index (χ2v) is 24.9. The van der Waals surface area contributed by atoms with Crippen molar-refractivity contribution in [2.75, 3.05) is 40.9 Å². The van der Waals surface area contributed by atoms with Crippen LogP contribution in [0.15, 0.2) is 48.6 Å². The number of rotatable bonds is 60. The van der Waals surface area contributed by atoms with Gasteiger partial charge in [-0.2, -0.15) is 0 Å². The van der Waals surface area contributed by atoms with E-state index in [4.69, 9.17) is 9.05 Å². The van der Waals surface area contributed by atoms with E-state index in [-0.39, 0.29) is 12.5 Å². The Hall–Kier alpha value is -1.54. The van der Waals surface area contributed by atoms with Crippen molar-refractivity contribution in [3.8, 4) is 0 Å². The molecule has 3 unspecified atom stereocenters. The first kappa shape index (κ1) is 73.5. The Balaban J connectivity index is 4.11. The van der Waals surface area contributed by atoms with Gasteiger partial charge >= 0.3 is 0 Å². The van der Waals surface area contributed by atoms with Crippen molar-refractivity contribution in [1.29, 1.82) is 0 Å². The summed E-state index contributed by atoms with van der Waals surface area (Å²) in [5.74, 6) is -0.202. The van der Waals surface area contributed by atoms with Crippen molar-refractivity contribution < 1.29 is 32.9 Å². The third-order valence-electron chi connectivity index (χ3n) is 14.8. The van der Waals surface area contributed by atoms with Crippen LogP contribution in [-0.4, -0.2) is 68.5 Å². The zero-order chi connectivity index (χ0) is 54.9. The van der Waals surface area contributed by atoms with E-state index < -0.39 is 26.6 Å². The SMILES string of the molecule is CCCCCCC/C=C\C/C=C\CCCCCCCCCCCCCCCCCCCCCC(=O)NC(COP(=O)([O-])OCC[N+](C)(C)C)C(O)/C=C/CC/C=C/CCCCCCCCCCCCCCCCCC. The summed E-state index contributed by atoms with van der Waals surface area (Å²) >= 11 is 0. The van der Waals surface area contributed by atoms with E-state index in [0.717, 1.165) is 44.9 Å². The van der Waals surface area contributed by atoms with Gasteiger partial charge in [0.1, 0.15) is 13.2 Å². The molecule has 0 aliphatic heterocycles. The molecular weight excluding hydrogens is 948 g/mol. The number of phosphoric acid groups is 1. The van der Waals surface area contributed by atoms with Crippen LogP contribution in [-0.2, 0) is 18.4 Å². The molecule has 0 aromatic carbocycles. The van der Waals surface area contributed by atoms with Gasteiger partial charge in [-0.15, -0.1) is 0 Å². The monoisotopic (exact) mass is 1070 g/mol. The first-order chi connectivity index (χ1) is 36.5. The number of aliphatic hydroxyl groups is 1. The predicted molar refractivity (Wildman–Crippen MR) is 325 cm³/mol. The van der Waals surface area contributed by atoms with E-state index in [9.17, 15) is 19.4 Å². The molecule has 0 fully saturated rings. The average Bonchev–Trinajstić information content (AvgIpc) is 3.37. The molecule has 3 atom stereocenters. The Bertz CT molecular complexity index is 1360. The smallest absolute Gasteiger partial charge is 0.268 e. The molecule has 0 radical (unpaired) electrons. The van der Waals surface area contributed by atoms with Crippen LogP contribution < -0.4 is 10.2 Å². The lowest BCUT2D eigenvalue weighted by molar-refractivity contribution is -0.870. The number of allylic oxidation sites excluding steroid dienone is 7. The topological polar surface area (TPSA) is 108 Å². The minimum absolute atomic E-state index is 0.00549. The number of hydrogen-bond acceptors (Lipinski definition) is 6. The van der Waals surface area contributed by atoms with Crippen molar-refractivity contribution in [3.05, 3.63) is 48.6 Å². The number of quaternary nitrogens is 1. The molecule has 9 heteroatoms. The van der Waals surface area contributed by atoms with Gasteiger partial charge in [0.15, 0.2) is 0 Å². The highest BCUT2D eigenvalue weighted by atomic mass is 31.2. The Morgan fingerprint density at radius 1 is 0.467 bits per heavy atom. The molecule has 0 aromatic heterocycles. The second kappa shape index (κ2) is 57.2. The van der Waals surface area contributed by atoms with E-state index in [2.05, 4.69) is 55.6 Å². The van der Waals surface area contributed by atoms with Crippen LogP contribution in [0.25, 0.3) is 0 Å². The van der Waals surface area contributed by atoms with Gasteiger partial charge in [-0.25, -0.2) is 0 Å². The summed E-state index contributed by atoms with van der Waals surface area (Å²) in [7, 11) is 1.25. The molecule has 0 rings (SSSR count). The maximum Gasteiger partial charge on any atom is 0.268 e. The highest BCUT2D eigenvalue weighted by Crippen LogP contribution is 2.38. The summed E-state index contributed by atoms with van der Waals surface area (Å²) in [5.41, 5.74) is 0. The fourth-order valence-corrected chi connectivity index (χ4v) is 10.4. The van der Waals surface area contributed by atoms with Gasteiger partial charge in [-0.3, -0.25) is 9.36 Å². The normalized spacial score (nSPS) is 14.1. The van der Waals surface area contributed by atoms with E-state index in [1.807, 2.05) is 27.2 Å². The molecule has 0 spiro atoms. The molecule has 0 aliphatic carbocycles. The fourth-order valence-electron chi connectivity index (χ4n) is 9.67. The van der Waals surface area contributed by atoms with Gasteiger partial charge < -0.3 is 28.8 Å². The average molecular weight is 1080 g/mol. The molecule has 0 aliphatic rings. The van der Waals surface area contributed by atoms with Gasteiger partial charge in [-0.05, 0) is 64.2 Å². The largest absolute Gasteiger partial charge is 0.756 e. The number of amides is 1. The van der Waals surface area contributed by atoms with Crippen LogP contribution in [0.3, 0.4) is 0 Å². The van der Waals surface area contributed by atoms with Gasteiger partial charge in [-0.1, -0.05) is 294 Å². The first-order valence-corrected chi connectivity index (χ1v) is 34.0. The number of aliphatic hydroxyl groups excluding tert-OH is 1. The maximum atomic E-state index is 13.0. The zero-order valence-corrected chi connectivity index (χ0v) is 51.4. The molecular formula is C66H127N2O6P. The molecule has 75 heavy (non-hydrogen) atoms. The summed E-state index contributed by atoms with van der Waals surface area (Å²) in [5, 5.41) is 13.9. The Morgan fingerprint density at radius 3 is 1.16 bits per heavy atom. The van der Waals surface area contributed by atoms with Crippen LogP contribution in [0.4, 0.5) is 0 Å². The third kappa shape index (κ3) is 60.0. The first-order valence-electron chi connectivity index (χ1n) is 32.5. The lowest BCUT2D eigenvalue weighted by Crippen LogP contribution is -2.45. The molecule has 0 heterocycles. The second-order valence-electron chi connectivity index (χ2n) is 23.5. The van der Waals surface area contributed by atoms with Crippen LogP contribution in [0.1, 0.15) is 316 Å². The molecule has 2 N–H and O–H groups in total. The van der Waals surface area contributed by atoms with Crippen molar-refractivity contribution >= 4 is 13.7 Å². The van der Waals surface area contributed by atoms with Crippen molar-refractivity contribution in [1.82, 2.24) is 5.32 Å². The van der Waals surface area contributed by atoms with Gasteiger partial charge in [0.25, 0.3) is 7.82 Å². The molecule has 0 bridgehead atoms. The number of nitrogens with zero attached hydrogens (tertiary/aromatic N) is 1. The van der Waals surface area contributed by atoms with E-state index in [0.29, 0.717) is 17.4 Å². The minimum atomic E-state index is -4.61. The van der Waals surface area contributed by atoms with Crippen molar-refractivity contribution in [3.63, 3.8) is 0 Å². The van der Waals surface area contributed by atoms with Gasteiger partial charge in [0, 0.05) is 6.42 Å². The Morgan fingerprint density at radius 2 is 0.787 bits per heavy atom. The van der Waals surface area contributed by atoms with E-state index in [1.165, 1.54) is 250 Å². The molecule has 8 nitrogen and oxygen atoms in total. The number of carbonyl (C=O) groups is 1. The standard InChI is InChI=1S/C66H127N2O6P/c1-6-8-10-12-14-16-18-20-22-24-26-28-30-31-32-33-34-35-36-37-38-40-42-44-46-48-50-52-54-56-58-60-66(70)67-64(63-74-75(71,72)73-62-61-68(3,4)5)65(69)59-57-55-53-51-49-47-45-43-41-39-29-27-25-23-21-19-17-15-13-11-9-7-2/h18,20,24,26,49,51,57,59,64-65,69H,6-17,19,21-23,25,27-48,50,52-56,58,60-63H2,1-5H3,(H-,67,70,71,72)/b20-18-,26-24-,51-49+,59-57+. The van der Waals surface area contributed by atoms with Crippen molar-refractivity contribution in [2.24, 2.45) is 0 Å². The van der Waals surface area contributed by atoms with Crippen LogP contribution in [0.5, 0.6) is 0 Å². The number of hydrogen-bond donors (Lipinski definition) is 2. The Kier molecular flexibility index (Phi) is 56.0. The zero-order valence-electron chi connectivity index (χ0n) is 50.5. The molecule has 0 saturated heterocycles. The lowest BCUT2D eigenvalue weighted by atomic mass is 10.0. The van der Waals surface area contributed by atoms with Gasteiger partial charge in [0.05, 0.1) is 39.9 Å². The van der Waals surface area contributed by atoms with Crippen molar-refractivity contribution in [2.45, 2.75) is 328 Å². The number of unbranched alkanes of at least 4 members (excludes halogenated alkanes) is 41. The number of nitrogens with one attached hydrogen (secondary N) is 1. The minimum Gasteiger partial charge on any atom is -0.756 e. The summed E-state index contributed by atoms with van der Waals surface area (Å²) in [6.07, 6.45) is 76.5. The highest BCUT2D eigenvalue weighted by molar-refractivity contribution is 7.45. The molecule has 442 valence electrons. The quantitative estimate of drug-likeness (QED) is 0.0272. The predicted octanol–water partition coefficient (Wildman–Crippen LogP) is 19.6. The molecule has 0 aromatic rings. The third-order valence-corrected chi connectivity index (χ3v) is 15.7. The van der Waals surface area contributed by atoms with E-state index in [1.54, 1.807) is 6.08 Å². The summed E-state index contributed by atoms with van der Waals surface area (Å²) in [6, 6.07) is -0.904.